The summed E-state index contributed by atoms with van der Waals surface area (Å²) in [5.74, 6) is 1.34. The standard InChI is InChI=1S/C22H27ClN4O2/c1-16-15-26(21-20(23)3-2-10-24-21)11-12-27(16)22(28)25-19-6-4-17(5-7-19)18-8-13-29-14-9-18/h2-7,10,16,18H,8-9,11-15H2,1H3,(H,25,28). The number of rotatable bonds is 3. The average molecular weight is 415 g/mol. The van der Waals surface area contributed by atoms with Gasteiger partial charge in [-0.3, -0.25) is 0 Å². The number of piperazine rings is 1. The highest BCUT2D eigenvalue weighted by Gasteiger charge is 2.29. The minimum atomic E-state index is -0.0666. The molecule has 0 saturated carbocycles. The number of benzene rings is 1. The number of nitrogens with zero attached hydrogens (tertiary/aromatic N) is 3. The zero-order chi connectivity index (χ0) is 20.2. The lowest BCUT2D eigenvalue weighted by Crippen LogP contribution is -2.55. The Hall–Kier alpha value is -2.31. The monoisotopic (exact) mass is 414 g/mol. The maximum Gasteiger partial charge on any atom is 0.322 e. The SMILES string of the molecule is CC1CN(c2ncccc2Cl)CCN1C(=O)Nc1ccc(C2CCOCC2)cc1. The summed E-state index contributed by atoms with van der Waals surface area (Å²) in [6.45, 7) is 5.74. The van der Waals surface area contributed by atoms with Crippen molar-refractivity contribution in [2.45, 2.75) is 31.7 Å². The number of nitrogens with one attached hydrogen (secondary N) is 1. The Morgan fingerprint density at radius 2 is 1.93 bits per heavy atom. The number of amides is 2. The van der Waals surface area contributed by atoms with Crippen molar-refractivity contribution in [2.24, 2.45) is 0 Å². The Balaban J connectivity index is 1.35. The second-order valence-corrected chi connectivity index (χ2v) is 8.14. The normalized spacial score (nSPS) is 20.6. The van der Waals surface area contributed by atoms with Gasteiger partial charge in [0.2, 0.25) is 0 Å². The minimum Gasteiger partial charge on any atom is -0.381 e. The van der Waals surface area contributed by atoms with Gasteiger partial charge in [0.25, 0.3) is 0 Å². The molecule has 0 radical (unpaired) electrons. The van der Waals surface area contributed by atoms with Gasteiger partial charge < -0.3 is 19.9 Å². The van der Waals surface area contributed by atoms with Crippen LogP contribution in [0.4, 0.5) is 16.3 Å². The van der Waals surface area contributed by atoms with Crippen molar-refractivity contribution in [3.63, 3.8) is 0 Å². The quantitative estimate of drug-likeness (QED) is 0.810. The lowest BCUT2D eigenvalue weighted by Gasteiger charge is -2.40. The highest BCUT2D eigenvalue weighted by atomic mass is 35.5. The summed E-state index contributed by atoms with van der Waals surface area (Å²) in [6, 6.07) is 11.9. The molecule has 3 heterocycles. The summed E-state index contributed by atoms with van der Waals surface area (Å²) >= 11 is 6.28. The Kier molecular flexibility index (Phi) is 6.21. The number of carbonyl (C=O) groups excluding carboxylic acids is 1. The highest BCUT2D eigenvalue weighted by molar-refractivity contribution is 6.32. The third kappa shape index (κ3) is 4.65. The van der Waals surface area contributed by atoms with E-state index in [0.717, 1.165) is 37.6 Å². The third-order valence-electron chi connectivity index (χ3n) is 5.78. The molecular weight excluding hydrogens is 388 g/mol. The lowest BCUT2D eigenvalue weighted by molar-refractivity contribution is 0.0853. The fourth-order valence-electron chi connectivity index (χ4n) is 4.13. The van der Waals surface area contributed by atoms with Crippen molar-refractivity contribution in [1.29, 1.82) is 0 Å². The maximum atomic E-state index is 12.8. The number of ether oxygens (including phenoxy) is 1. The van der Waals surface area contributed by atoms with Gasteiger partial charge in [0.1, 0.15) is 5.82 Å². The molecule has 2 aliphatic heterocycles. The van der Waals surface area contributed by atoms with E-state index in [1.807, 2.05) is 29.2 Å². The first-order valence-electron chi connectivity index (χ1n) is 10.2. The molecule has 29 heavy (non-hydrogen) atoms. The molecule has 0 bridgehead atoms. The number of hydrogen-bond donors (Lipinski definition) is 1. The second-order valence-electron chi connectivity index (χ2n) is 7.74. The number of anilines is 2. The van der Waals surface area contributed by atoms with Crippen molar-refractivity contribution < 1.29 is 9.53 Å². The van der Waals surface area contributed by atoms with E-state index in [1.165, 1.54) is 5.56 Å². The number of pyridine rings is 1. The van der Waals surface area contributed by atoms with Crippen LogP contribution in [0, 0.1) is 0 Å². The molecular formula is C22H27ClN4O2. The van der Waals surface area contributed by atoms with Crippen LogP contribution in [0.5, 0.6) is 0 Å². The fourth-order valence-corrected chi connectivity index (χ4v) is 4.37. The summed E-state index contributed by atoms with van der Waals surface area (Å²) in [7, 11) is 0. The summed E-state index contributed by atoms with van der Waals surface area (Å²) in [6.07, 6.45) is 3.87. The van der Waals surface area contributed by atoms with Crippen LogP contribution in [-0.4, -0.2) is 54.8 Å². The van der Waals surface area contributed by atoms with Crippen LogP contribution in [0.25, 0.3) is 0 Å². The van der Waals surface area contributed by atoms with Crippen LogP contribution < -0.4 is 10.2 Å². The van der Waals surface area contributed by atoms with Crippen LogP contribution in [0.3, 0.4) is 0 Å². The van der Waals surface area contributed by atoms with Gasteiger partial charge in [-0.25, -0.2) is 9.78 Å². The highest BCUT2D eigenvalue weighted by Crippen LogP contribution is 2.28. The third-order valence-corrected chi connectivity index (χ3v) is 6.08. The Morgan fingerprint density at radius 1 is 1.17 bits per heavy atom. The Morgan fingerprint density at radius 3 is 2.62 bits per heavy atom. The van der Waals surface area contributed by atoms with Crippen LogP contribution in [0.1, 0.15) is 31.2 Å². The molecule has 1 N–H and O–H groups in total. The van der Waals surface area contributed by atoms with E-state index in [2.05, 4.69) is 34.3 Å². The molecule has 0 aliphatic carbocycles. The first-order chi connectivity index (χ1) is 14.1. The maximum absolute atomic E-state index is 12.8. The molecule has 0 spiro atoms. The fraction of sp³-hybridized carbons (Fsp3) is 0.455. The zero-order valence-electron chi connectivity index (χ0n) is 16.7. The van der Waals surface area contributed by atoms with E-state index in [9.17, 15) is 4.79 Å². The number of halogens is 1. The summed E-state index contributed by atoms with van der Waals surface area (Å²) in [5.41, 5.74) is 2.15. The van der Waals surface area contributed by atoms with E-state index in [1.54, 1.807) is 6.20 Å². The van der Waals surface area contributed by atoms with Gasteiger partial charge in [0.15, 0.2) is 0 Å². The minimum absolute atomic E-state index is 0.0586. The Bertz CT molecular complexity index is 839. The van der Waals surface area contributed by atoms with Crippen LogP contribution >= 0.6 is 11.6 Å². The zero-order valence-corrected chi connectivity index (χ0v) is 17.4. The smallest absolute Gasteiger partial charge is 0.322 e. The van der Waals surface area contributed by atoms with Crippen molar-refractivity contribution >= 4 is 29.1 Å². The van der Waals surface area contributed by atoms with Crippen molar-refractivity contribution in [3.8, 4) is 0 Å². The Labute approximate surface area is 176 Å². The molecule has 2 aromatic rings. The summed E-state index contributed by atoms with van der Waals surface area (Å²) in [5, 5.41) is 3.68. The number of carbonyl (C=O) groups is 1. The molecule has 2 saturated heterocycles. The van der Waals surface area contributed by atoms with Crippen molar-refractivity contribution in [3.05, 3.63) is 53.2 Å². The molecule has 2 fully saturated rings. The van der Waals surface area contributed by atoms with Crippen LogP contribution in [0.2, 0.25) is 5.02 Å². The number of hydrogen-bond acceptors (Lipinski definition) is 4. The van der Waals surface area contributed by atoms with Crippen LogP contribution in [0.15, 0.2) is 42.6 Å². The molecule has 1 aromatic carbocycles. The largest absolute Gasteiger partial charge is 0.381 e. The first kappa shape index (κ1) is 20.0. The molecule has 2 amide bonds. The van der Waals surface area contributed by atoms with E-state index in [0.29, 0.717) is 30.6 Å². The van der Waals surface area contributed by atoms with E-state index >= 15 is 0 Å². The van der Waals surface area contributed by atoms with E-state index in [-0.39, 0.29) is 12.1 Å². The van der Waals surface area contributed by atoms with Gasteiger partial charge >= 0.3 is 6.03 Å². The molecule has 2 aliphatic rings. The van der Waals surface area contributed by atoms with Crippen molar-refractivity contribution in [1.82, 2.24) is 9.88 Å². The van der Waals surface area contributed by atoms with E-state index < -0.39 is 0 Å². The molecule has 1 atom stereocenters. The molecule has 1 aromatic heterocycles. The molecule has 1 unspecified atom stereocenters. The predicted molar refractivity (Wildman–Crippen MR) is 116 cm³/mol. The van der Waals surface area contributed by atoms with Crippen molar-refractivity contribution in [2.75, 3.05) is 43.1 Å². The van der Waals surface area contributed by atoms with Gasteiger partial charge in [0.05, 0.1) is 5.02 Å². The predicted octanol–water partition coefficient (Wildman–Crippen LogP) is 4.37. The molecule has 4 rings (SSSR count). The number of urea groups is 1. The van der Waals surface area contributed by atoms with Gasteiger partial charge in [-0.15, -0.1) is 0 Å². The second kappa shape index (κ2) is 9.01. The average Bonchev–Trinajstić information content (AvgIpc) is 2.75. The van der Waals surface area contributed by atoms with Gasteiger partial charge in [-0.05, 0) is 55.5 Å². The number of aromatic nitrogens is 1. The topological polar surface area (TPSA) is 57.7 Å². The van der Waals surface area contributed by atoms with Gasteiger partial charge in [-0.1, -0.05) is 23.7 Å². The van der Waals surface area contributed by atoms with Gasteiger partial charge in [-0.2, -0.15) is 0 Å². The first-order valence-corrected chi connectivity index (χ1v) is 10.6. The van der Waals surface area contributed by atoms with Gasteiger partial charge in [0, 0.05) is 50.8 Å². The summed E-state index contributed by atoms with van der Waals surface area (Å²) < 4.78 is 5.44. The molecule has 6 nitrogen and oxygen atoms in total. The molecule has 7 heteroatoms. The lowest BCUT2D eigenvalue weighted by atomic mass is 9.92. The molecule has 154 valence electrons. The van der Waals surface area contributed by atoms with Crippen LogP contribution in [-0.2, 0) is 4.74 Å². The summed E-state index contributed by atoms with van der Waals surface area (Å²) in [4.78, 5) is 21.2. The van der Waals surface area contributed by atoms with E-state index in [4.69, 9.17) is 16.3 Å².